The molecule has 3 rings (SSSR count). The number of nitrogens with zero attached hydrogens (tertiary/aromatic N) is 1. The minimum absolute atomic E-state index is 0.173. The minimum Gasteiger partial charge on any atom is -0.373 e. The first kappa shape index (κ1) is 15.2. The van der Waals surface area contributed by atoms with E-state index in [9.17, 15) is 22.4 Å². The smallest absolute Gasteiger partial charge is 0.373 e. The topological polar surface area (TPSA) is 41.6 Å². The van der Waals surface area contributed by atoms with E-state index in [0.717, 1.165) is 6.07 Å². The van der Waals surface area contributed by atoms with Gasteiger partial charge in [0.25, 0.3) is 5.91 Å². The van der Waals surface area contributed by atoms with Crippen molar-refractivity contribution < 1.29 is 27.1 Å². The fourth-order valence-electron chi connectivity index (χ4n) is 2.88. The largest absolute Gasteiger partial charge is 0.416 e. The third kappa shape index (κ3) is 2.80. The molecule has 120 valence electrons. The molecule has 2 aliphatic heterocycles. The molecule has 2 fully saturated rings. The van der Waals surface area contributed by atoms with E-state index in [1.54, 1.807) is 0 Å². The number of hydrogen-bond donors (Lipinski definition) is 1. The fraction of sp³-hybridized carbons (Fsp3) is 0.500. The number of hydrogen-bond acceptors (Lipinski definition) is 3. The van der Waals surface area contributed by atoms with Gasteiger partial charge in [-0.25, -0.2) is 4.39 Å². The average molecular weight is 318 g/mol. The van der Waals surface area contributed by atoms with Crippen molar-refractivity contribution in [1.82, 2.24) is 10.2 Å². The number of carbonyl (C=O) groups is 1. The standard InChI is InChI=1S/C14H14F4N2O2/c15-10-4-8(3-9(5-10)14(16,17)18)13(21)20-1-2-22-12-7-19-6-11(12)20/h3-5,11-12,19H,1-2,6-7H2/t11-,12+/m0/s1. The maximum absolute atomic E-state index is 13.4. The lowest BCUT2D eigenvalue weighted by Crippen LogP contribution is -2.53. The molecule has 2 atom stereocenters. The van der Waals surface area contributed by atoms with Crippen LogP contribution in [0.3, 0.4) is 0 Å². The van der Waals surface area contributed by atoms with Gasteiger partial charge in [-0.05, 0) is 18.2 Å². The Morgan fingerprint density at radius 3 is 2.77 bits per heavy atom. The van der Waals surface area contributed by atoms with Gasteiger partial charge in [-0.3, -0.25) is 4.79 Å². The van der Waals surface area contributed by atoms with Crippen LogP contribution < -0.4 is 5.32 Å². The van der Waals surface area contributed by atoms with Crippen molar-refractivity contribution in [1.29, 1.82) is 0 Å². The van der Waals surface area contributed by atoms with Crippen LogP contribution in [0.25, 0.3) is 0 Å². The molecule has 22 heavy (non-hydrogen) atoms. The summed E-state index contributed by atoms with van der Waals surface area (Å²) >= 11 is 0. The van der Waals surface area contributed by atoms with Crippen LogP contribution in [0, 0.1) is 5.82 Å². The van der Waals surface area contributed by atoms with E-state index in [4.69, 9.17) is 4.74 Å². The maximum atomic E-state index is 13.4. The molecule has 2 heterocycles. The number of carbonyl (C=O) groups excluding carboxylic acids is 1. The summed E-state index contributed by atoms with van der Waals surface area (Å²) in [7, 11) is 0. The lowest BCUT2D eigenvalue weighted by atomic mass is 10.1. The molecule has 0 aliphatic carbocycles. The molecule has 1 aromatic rings. The molecule has 1 amide bonds. The second kappa shape index (κ2) is 5.51. The van der Waals surface area contributed by atoms with Crippen molar-refractivity contribution in [3.63, 3.8) is 0 Å². The zero-order valence-electron chi connectivity index (χ0n) is 11.5. The number of nitrogens with one attached hydrogen (secondary N) is 1. The highest BCUT2D eigenvalue weighted by atomic mass is 19.4. The molecule has 0 spiro atoms. The summed E-state index contributed by atoms with van der Waals surface area (Å²) in [6.07, 6.45) is -4.87. The first-order valence-electron chi connectivity index (χ1n) is 6.87. The zero-order valence-corrected chi connectivity index (χ0v) is 11.5. The van der Waals surface area contributed by atoms with Crippen LogP contribution in [0.4, 0.5) is 17.6 Å². The van der Waals surface area contributed by atoms with E-state index in [-0.39, 0.29) is 24.3 Å². The highest BCUT2D eigenvalue weighted by Crippen LogP contribution is 2.31. The molecule has 8 heteroatoms. The van der Waals surface area contributed by atoms with Gasteiger partial charge in [-0.1, -0.05) is 0 Å². The summed E-state index contributed by atoms with van der Waals surface area (Å²) in [6.45, 7) is 1.69. The predicted molar refractivity (Wildman–Crippen MR) is 68.8 cm³/mol. The third-order valence-electron chi connectivity index (χ3n) is 3.93. The fourth-order valence-corrected chi connectivity index (χ4v) is 2.88. The molecule has 2 saturated heterocycles. The van der Waals surface area contributed by atoms with E-state index in [0.29, 0.717) is 31.8 Å². The van der Waals surface area contributed by atoms with Gasteiger partial charge in [0.15, 0.2) is 0 Å². The molecule has 0 bridgehead atoms. The Kier molecular flexibility index (Phi) is 3.82. The second-order valence-corrected chi connectivity index (χ2v) is 5.36. The molecule has 4 nitrogen and oxygen atoms in total. The van der Waals surface area contributed by atoms with Gasteiger partial charge in [-0.15, -0.1) is 0 Å². The number of rotatable bonds is 1. The molecular formula is C14H14F4N2O2. The first-order valence-corrected chi connectivity index (χ1v) is 6.87. The van der Waals surface area contributed by atoms with Crippen molar-refractivity contribution >= 4 is 5.91 Å². The first-order chi connectivity index (χ1) is 10.4. The van der Waals surface area contributed by atoms with Crippen LogP contribution in [-0.4, -0.2) is 49.2 Å². The molecule has 0 unspecified atom stereocenters. The molecule has 0 saturated carbocycles. The summed E-state index contributed by atoms with van der Waals surface area (Å²) in [5.74, 6) is -1.68. The van der Waals surface area contributed by atoms with E-state index in [1.807, 2.05) is 0 Å². The monoisotopic (exact) mass is 318 g/mol. The Bertz CT molecular complexity index is 591. The molecule has 1 N–H and O–H groups in total. The number of halogens is 4. The zero-order chi connectivity index (χ0) is 15.9. The SMILES string of the molecule is O=C(c1cc(F)cc(C(F)(F)F)c1)N1CCO[C@@H]2CNC[C@@H]21. The number of fused-ring (bicyclic) bond motifs is 1. The summed E-state index contributed by atoms with van der Waals surface area (Å²) in [5.41, 5.74) is -1.45. The molecule has 0 radical (unpaired) electrons. The van der Waals surface area contributed by atoms with Crippen LogP contribution in [0.15, 0.2) is 18.2 Å². The van der Waals surface area contributed by atoms with Crippen LogP contribution in [0.1, 0.15) is 15.9 Å². The summed E-state index contributed by atoms with van der Waals surface area (Å²) in [4.78, 5) is 13.9. The van der Waals surface area contributed by atoms with Crippen molar-refractivity contribution in [2.24, 2.45) is 0 Å². The van der Waals surface area contributed by atoms with Crippen LogP contribution in [-0.2, 0) is 10.9 Å². The Hall–Kier alpha value is -1.67. The van der Waals surface area contributed by atoms with Gasteiger partial charge in [0.1, 0.15) is 5.82 Å². The third-order valence-corrected chi connectivity index (χ3v) is 3.93. The Labute approximate surface area is 124 Å². The number of ether oxygens (including phenoxy) is 1. The van der Waals surface area contributed by atoms with E-state index < -0.39 is 23.5 Å². The lowest BCUT2D eigenvalue weighted by Gasteiger charge is -2.37. The van der Waals surface area contributed by atoms with Gasteiger partial charge >= 0.3 is 6.18 Å². The van der Waals surface area contributed by atoms with Crippen LogP contribution in [0.2, 0.25) is 0 Å². The normalized spacial score (nSPS) is 25.2. The quantitative estimate of drug-likeness (QED) is 0.801. The number of benzene rings is 1. The minimum atomic E-state index is -4.69. The molecular weight excluding hydrogens is 304 g/mol. The van der Waals surface area contributed by atoms with Gasteiger partial charge < -0.3 is 15.0 Å². The van der Waals surface area contributed by atoms with Crippen LogP contribution in [0.5, 0.6) is 0 Å². The van der Waals surface area contributed by atoms with Gasteiger partial charge in [0, 0.05) is 25.2 Å². The highest BCUT2D eigenvalue weighted by molar-refractivity contribution is 5.94. The Morgan fingerprint density at radius 1 is 1.27 bits per heavy atom. The van der Waals surface area contributed by atoms with Crippen molar-refractivity contribution in [3.8, 4) is 0 Å². The molecule has 1 aromatic carbocycles. The van der Waals surface area contributed by atoms with E-state index in [2.05, 4.69) is 5.32 Å². The highest BCUT2D eigenvalue weighted by Gasteiger charge is 2.39. The van der Waals surface area contributed by atoms with Gasteiger partial charge in [-0.2, -0.15) is 13.2 Å². The van der Waals surface area contributed by atoms with Gasteiger partial charge in [0.2, 0.25) is 0 Å². The van der Waals surface area contributed by atoms with Gasteiger partial charge in [0.05, 0.1) is 24.3 Å². The Morgan fingerprint density at radius 2 is 2.05 bits per heavy atom. The number of amides is 1. The van der Waals surface area contributed by atoms with E-state index in [1.165, 1.54) is 4.90 Å². The summed E-state index contributed by atoms with van der Waals surface area (Å²) in [6, 6.07) is 1.68. The van der Waals surface area contributed by atoms with E-state index >= 15 is 0 Å². The predicted octanol–water partition coefficient (Wildman–Crippen LogP) is 1.66. The van der Waals surface area contributed by atoms with Crippen molar-refractivity contribution in [2.45, 2.75) is 18.3 Å². The summed E-state index contributed by atoms with van der Waals surface area (Å²) < 4.78 is 57.2. The van der Waals surface area contributed by atoms with Crippen LogP contribution >= 0.6 is 0 Å². The molecule has 2 aliphatic rings. The number of alkyl halides is 3. The maximum Gasteiger partial charge on any atom is 0.416 e. The van der Waals surface area contributed by atoms with Crippen molar-refractivity contribution in [2.75, 3.05) is 26.2 Å². The lowest BCUT2D eigenvalue weighted by molar-refractivity contribution is -0.137. The second-order valence-electron chi connectivity index (χ2n) is 5.36. The van der Waals surface area contributed by atoms with Crippen molar-refractivity contribution in [3.05, 3.63) is 35.1 Å². The number of morpholine rings is 1. The Balaban J connectivity index is 1.90. The molecule has 0 aromatic heterocycles. The average Bonchev–Trinajstić information content (AvgIpc) is 2.93. The summed E-state index contributed by atoms with van der Waals surface area (Å²) in [5, 5.41) is 3.07.